The molecule has 5 nitrogen and oxygen atoms in total. The molecule has 0 aliphatic carbocycles. The molecule has 1 aromatic heterocycles. The summed E-state index contributed by atoms with van der Waals surface area (Å²) in [5.74, 6) is 1.02. The second-order valence-electron chi connectivity index (χ2n) is 6.63. The highest BCUT2D eigenvalue weighted by atomic mass is 32.1. The minimum Gasteiger partial charge on any atom is -0.357 e. The van der Waals surface area contributed by atoms with Gasteiger partial charge < -0.3 is 15.1 Å². The molecule has 136 valence electrons. The van der Waals surface area contributed by atoms with Crippen LogP contribution < -0.4 is 5.32 Å². The molecule has 1 unspecified atom stereocenters. The van der Waals surface area contributed by atoms with E-state index >= 15 is 0 Å². The van der Waals surface area contributed by atoms with Crippen LogP contribution in [0.5, 0.6) is 0 Å². The summed E-state index contributed by atoms with van der Waals surface area (Å²) in [4.78, 5) is 13.5. The normalized spacial score (nSPS) is 18.6. The lowest BCUT2D eigenvalue weighted by molar-refractivity contribution is 0.122. The average Bonchev–Trinajstić information content (AvgIpc) is 3.10. The maximum Gasteiger partial charge on any atom is 0.193 e. The third kappa shape index (κ3) is 6.07. The largest absolute Gasteiger partial charge is 0.357 e. The molecule has 1 fully saturated rings. The van der Waals surface area contributed by atoms with Crippen molar-refractivity contribution in [2.45, 2.75) is 26.3 Å². The SMILES string of the molecule is CCNC(=NCC(C)N1CCN(C)CC1)N(C)CCc1cccs1. The number of nitrogens with zero attached hydrogens (tertiary/aromatic N) is 4. The standard InChI is InChI=1S/C18H33N5S/c1-5-19-18(22(4)9-8-17-7-6-14-24-17)20-15-16(2)23-12-10-21(3)11-13-23/h6-7,14,16H,5,8-13,15H2,1-4H3,(H,19,20). The molecular weight excluding hydrogens is 318 g/mol. The van der Waals surface area contributed by atoms with Crippen LogP contribution in [0.2, 0.25) is 0 Å². The summed E-state index contributed by atoms with van der Waals surface area (Å²) in [7, 11) is 4.33. The fraction of sp³-hybridized carbons (Fsp3) is 0.722. The first-order valence-electron chi connectivity index (χ1n) is 9.04. The highest BCUT2D eigenvalue weighted by Crippen LogP contribution is 2.10. The van der Waals surface area contributed by atoms with E-state index in [0.29, 0.717) is 6.04 Å². The van der Waals surface area contributed by atoms with Crippen LogP contribution in [0.1, 0.15) is 18.7 Å². The van der Waals surface area contributed by atoms with Crippen LogP contribution in [-0.2, 0) is 6.42 Å². The molecule has 0 aromatic carbocycles. The summed E-state index contributed by atoms with van der Waals surface area (Å²) in [5, 5.41) is 5.58. The number of thiophene rings is 1. The molecule has 0 bridgehead atoms. The van der Waals surface area contributed by atoms with E-state index in [9.17, 15) is 0 Å². The van der Waals surface area contributed by atoms with E-state index in [0.717, 1.165) is 58.2 Å². The highest BCUT2D eigenvalue weighted by Gasteiger charge is 2.19. The summed E-state index contributed by atoms with van der Waals surface area (Å²) in [6, 6.07) is 4.83. The number of likely N-dealkylation sites (N-methyl/N-ethyl adjacent to an activating group) is 2. The number of aliphatic imine (C=N–C) groups is 1. The van der Waals surface area contributed by atoms with Crippen molar-refractivity contribution in [3.05, 3.63) is 22.4 Å². The van der Waals surface area contributed by atoms with Crippen molar-refractivity contribution in [3.8, 4) is 0 Å². The van der Waals surface area contributed by atoms with E-state index in [1.54, 1.807) is 0 Å². The smallest absolute Gasteiger partial charge is 0.193 e. The number of rotatable bonds is 7. The van der Waals surface area contributed by atoms with Gasteiger partial charge in [-0.15, -0.1) is 11.3 Å². The lowest BCUT2D eigenvalue weighted by Crippen LogP contribution is -2.49. The van der Waals surface area contributed by atoms with Crippen LogP contribution in [0.4, 0.5) is 0 Å². The molecule has 1 aromatic rings. The topological polar surface area (TPSA) is 34.1 Å². The Labute approximate surface area is 151 Å². The van der Waals surface area contributed by atoms with Crippen molar-refractivity contribution in [1.82, 2.24) is 20.0 Å². The van der Waals surface area contributed by atoms with Crippen molar-refractivity contribution in [3.63, 3.8) is 0 Å². The van der Waals surface area contributed by atoms with Gasteiger partial charge in [0, 0.05) is 57.2 Å². The maximum absolute atomic E-state index is 4.89. The Morgan fingerprint density at radius 3 is 2.75 bits per heavy atom. The number of nitrogens with one attached hydrogen (secondary N) is 1. The van der Waals surface area contributed by atoms with Gasteiger partial charge in [0.2, 0.25) is 0 Å². The van der Waals surface area contributed by atoms with E-state index in [2.05, 4.69) is 65.5 Å². The zero-order chi connectivity index (χ0) is 17.4. The van der Waals surface area contributed by atoms with Gasteiger partial charge in [-0.05, 0) is 38.8 Å². The summed E-state index contributed by atoms with van der Waals surface area (Å²) < 4.78 is 0. The van der Waals surface area contributed by atoms with Gasteiger partial charge in [0.15, 0.2) is 5.96 Å². The molecule has 6 heteroatoms. The van der Waals surface area contributed by atoms with Gasteiger partial charge >= 0.3 is 0 Å². The van der Waals surface area contributed by atoms with Crippen LogP contribution in [0.3, 0.4) is 0 Å². The molecule has 1 aliphatic heterocycles. The minimum absolute atomic E-state index is 0.498. The first kappa shape index (κ1) is 19.2. The fourth-order valence-corrected chi connectivity index (χ4v) is 3.60. The molecular formula is C18H33N5S. The van der Waals surface area contributed by atoms with Crippen molar-refractivity contribution in [2.75, 3.05) is 59.9 Å². The second kappa shape index (κ2) is 10.0. The lowest BCUT2D eigenvalue weighted by atomic mass is 10.2. The molecule has 0 spiro atoms. The fourth-order valence-electron chi connectivity index (χ4n) is 2.91. The summed E-state index contributed by atoms with van der Waals surface area (Å²) in [6.45, 7) is 11.8. The summed E-state index contributed by atoms with van der Waals surface area (Å²) >= 11 is 1.83. The highest BCUT2D eigenvalue weighted by molar-refractivity contribution is 7.09. The van der Waals surface area contributed by atoms with Crippen molar-refractivity contribution < 1.29 is 0 Å². The summed E-state index contributed by atoms with van der Waals surface area (Å²) in [5.41, 5.74) is 0. The van der Waals surface area contributed by atoms with E-state index < -0.39 is 0 Å². The maximum atomic E-state index is 4.89. The average molecular weight is 352 g/mol. The Kier molecular flexibility index (Phi) is 8.02. The number of hydrogen-bond donors (Lipinski definition) is 1. The number of hydrogen-bond acceptors (Lipinski definition) is 4. The van der Waals surface area contributed by atoms with Crippen LogP contribution in [0.25, 0.3) is 0 Å². The molecule has 1 atom stereocenters. The van der Waals surface area contributed by atoms with Gasteiger partial charge in [0.1, 0.15) is 0 Å². The van der Waals surface area contributed by atoms with Gasteiger partial charge in [-0.1, -0.05) is 6.07 Å². The van der Waals surface area contributed by atoms with Crippen molar-refractivity contribution in [1.29, 1.82) is 0 Å². The van der Waals surface area contributed by atoms with Crippen LogP contribution in [0, 0.1) is 0 Å². The third-order valence-electron chi connectivity index (χ3n) is 4.64. The second-order valence-corrected chi connectivity index (χ2v) is 7.67. The van der Waals surface area contributed by atoms with Crippen LogP contribution in [0.15, 0.2) is 22.5 Å². The van der Waals surface area contributed by atoms with Crippen LogP contribution in [-0.4, -0.2) is 86.6 Å². The Morgan fingerprint density at radius 1 is 1.38 bits per heavy atom. The quantitative estimate of drug-likeness (QED) is 0.600. The zero-order valence-electron chi connectivity index (χ0n) is 15.7. The monoisotopic (exact) mass is 351 g/mol. The van der Waals surface area contributed by atoms with E-state index in [-0.39, 0.29) is 0 Å². The first-order valence-corrected chi connectivity index (χ1v) is 9.92. The molecule has 2 rings (SSSR count). The van der Waals surface area contributed by atoms with Gasteiger partial charge in [0.25, 0.3) is 0 Å². The van der Waals surface area contributed by atoms with Gasteiger partial charge in [-0.3, -0.25) is 9.89 Å². The molecule has 24 heavy (non-hydrogen) atoms. The zero-order valence-corrected chi connectivity index (χ0v) is 16.5. The molecule has 2 heterocycles. The molecule has 0 radical (unpaired) electrons. The number of piperazine rings is 1. The van der Waals surface area contributed by atoms with Gasteiger partial charge in [0.05, 0.1) is 6.54 Å². The Bertz CT molecular complexity index is 480. The Morgan fingerprint density at radius 2 is 2.12 bits per heavy atom. The number of guanidine groups is 1. The predicted molar refractivity (Wildman–Crippen MR) is 105 cm³/mol. The summed E-state index contributed by atoms with van der Waals surface area (Å²) in [6.07, 6.45) is 1.08. The van der Waals surface area contributed by atoms with Gasteiger partial charge in [-0.25, -0.2) is 0 Å². The van der Waals surface area contributed by atoms with Crippen molar-refractivity contribution >= 4 is 17.3 Å². The molecule has 0 saturated carbocycles. The van der Waals surface area contributed by atoms with E-state index in [4.69, 9.17) is 4.99 Å². The minimum atomic E-state index is 0.498. The van der Waals surface area contributed by atoms with E-state index in [1.807, 2.05) is 11.3 Å². The van der Waals surface area contributed by atoms with E-state index in [1.165, 1.54) is 4.88 Å². The van der Waals surface area contributed by atoms with Crippen molar-refractivity contribution in [2.24, 2.45) is 4.99 Å². The third-order valence-corrected chi connectivity index (χ3v) is 5.57. The molecule has 0 amide bonds. The Hall–Kier alpha value is -1.11. The van der Waals surface area contributed by atoms with Gasteiger partial charge in [-0.2, -0.15) is 0 Å². The van der Waals surface area contributed by atoms with Crippen LogP contribution >= 0.6 is 11.3 Å². The molecule has 1 aliphatic rings. The molecule has 1 N–H and O–H groups in total. The Balaban J connectivity index is 1.84. The first-order chi connectivity index (χ1) is 11.6. The predicted octanol–water partition coefficient (Wildman–Crippen LogP) is 1.82. The lowest BCUT2D eigenvalue weighted by Gasteiger charge is -2.36. The molecule has 1 saturated heterocycles.